The van der Waals surface area contributed by atoms with Crippen molar-refractivity contribution in [2.24, 2.45) is 0 Å². The first-order valence-corrected chi connectivity index (χ1v) is 7.76. The maximum atomic E-state index is 12.3. The zero-order valence-corrected chi connectivity index (χ0v) is 13.7. The fourth-order valence-corrected chi connectivity index (χ4v) is 2.83. The van der Waals surface area contributed by atoms with Crippen LogP contribution in [0.2, 0.25) is 0 Å². The van der Waals surface area contributed by atoms with Crippen LogP contribution in [0.1, 0.15) is 23.4 Å². The van der Waals surface area contributed by atoms with E-state index in [9.17, 15) is 13.2 Å². The number of esters is 1. The predicted molar refractivity (Wildman–Crippen MR) is 75.6 cm³/mol. The number of ether oxygens (including phenoxy) is 1. The number of methoxy groups -OCH3 is 1. The molecule has 0 N–H and O–H groups in total. The molecular weight excluding hydrogens is 298 g/mol. The minimum absolute atomic E-state index is 0.00535. The highest BCUT2D eigenvalue weighted by Gasteiger charge is 2.26. The van der Waals surface area contributed by atoms with Crippen LogP contribution in [0, 0.1) is 13.8 Å². The van der Waals surface area contributed by atoms with E-state index in [1.165, 1.54) is 25.5 Å². The number of hydrogen-bond acceptors (Lipinski definition) is 6. The van der Waals surface area contributed by atoms with E-state index in [4.69, 9.17) is 4.52 Å². The molecule has 0 aliphatic heterocycles. The number of aryl methyl sites for hydroxylation is 2. The highest BCUT2D eigenvalue weighted by molar-refractivity contribution is 7.86. The Morgan fingerprint density at radius 2 is 1.90 bits per heavy atom. The van der Waals surface area contributed by atoms with Gasteiger partial charge in [-0.05, 0) is 13.8 Å². The molecule has 0 saturated carbocycles. The molecule has 0 amide bonds. The molecular formula is C12H21N3O5S. The molecule has 0 unspecified atom stereocenters. The molecule has 21 heavy (non-hydrogen) atoms. The van der Waals surface area contributed by atoms with Crippen molar-refractivity contribution in [2.75, 3.05) is 27.7 Å². The molecule has 0 aromatic carbocycles. The summed E-state index contributed by atoms with van der Waals surface area (Å²) in [4.78, 5) is 11.1. The van der Waals surface area contributed by atoms with Gasteiger partial charge in [0.25, 0.3) is 10.2 Å². The van der Waals surface area contributed by atoms with E-state index in [1.807, 2.05) is 0 Å². The molecule has 0 spiro atoms. The Kier molecular flexibility index (Phi) is 5.87. The van der Waals surface area contributed by atoms with Gasteiger partial charge in [-0.15, -0.1) is 0 Å². The third-order valence-corrected chi connectivity index (χ3v) is 5.10. The standard InChI is InChI=1S/C12H21N3O5S/c1-9-11(10(2)20-13-9)8-15(4)21(17,18)14(3)7-6-12(16)19-5/h6-8H2,1-5H3. The van der Waals surface area contributed by atoms with Crippen LogP contribution < -0.4 is 0 Å². The second kappa shape index (κ2) is 7.01. The fraction of sp³-hybridized carbons (Fsp3) is 0.667. The van der Waals surface area contributed by atoms with E-state index in [0.717, 1.165) is 9.87 Å². The first-order chi connectivity index (χ1) is 9.70. The topological polar surface area (TPSA) is 93.0 Å². The van der Waals surface area contributed by atoms with Gasteiger partial charge < -0.3 is 9.26 Å². The highest BCUT2D eigenvalue weighted by Crippen LogP contribution is 2.17. The van der Waals surface area contributed by atoms with Gasteiger partial charge in [0.2, 0.25) is 0 Å². The Hall–Kier alpha value is -1.45. The monoisotopic (exact) mass is 319 g/mol. The molecule has 1 aromatic rings. The Bertz CT molecular complexity index is 577. The first-order valence-electron chi connectivity index (χ1n) is 6.36. The summed E-state index contributed by atoms with van der Waals surface area (Å²) in [5, 5.41) is 3.80. The fourth-order valence-electron chi connectivity index (χ4n) is 1.74. The van der Waals surface area contributed by atoms with Crippen molar-refractivity contribution in [1.29, 1.82) is 0 Å². The maximum Gasteiger partial charge on any atom is 0.306 e. The summed E-state index contributed by atoms with van der Waals surface area (Å²) in [6.45, 7) is 3.71. The Balaban J connectivity index is 2.75. The van der Waals surface area contributed by atoms with E-state index in [2.05, 4.69) is 9.89 Å². The lowest BCUT2D eigenvalue weighted by Crippen LogP contribution is -2.40. The normalized spacial score (nSPS) is 12.1. The van der Waals surface area contributed by atoms with Gasteiger partial charge in [-0.3, -0.25) is 4.79 Å². The van der Waals surface area contributed by atoms with E-state index >= 15 is 0 Å². The van der Waals surface area contributed by atoms with Crippen molar-refractivity contribution in [3.05, 3.63) is 17.0 Å². The summed E-state index contributed by atoms with van der Waals surface area (Å²) in [6, 6.07) is 0. The average Bonchev–Trinajstić information content (AvgIpc) is 2.75. The number of carbonyl (C=O) groups is 1. The highest BCUT2D eigenvalue weighted by atomic mass is 32.2. The van der Waals surface area contributed by atoms with Gasteiger partial charge in [-0.1, -0.05) is 5.16 Å². The molecule has 1 aromatic heterocycles. The van der Waals surface area contributed by atoms with Gasteiger partial charge in [0.1, 0.15) is 5.76 Å². The summed E-state index contributed by atoms with van der Waals surface area (Å²) in [5.74, 6) is 0.136. The van der Waals surface area contributed by atoms with Crippen LogP contribution in [0.3, 0.4) is 0 Å². The van der Waals surface area contributed by atoms with Crippen LogP contribution in [0.25, 0.3) is 0 Å². The number of rotatable bonds is 7. The number of aromatic nitrogens is 1. The van der Waals surface area contributed by atoms with Gasteiger partial charge in [0.15, 0.2) is 0 Å². The Morgan fingerprint density at radius 3 is 2.38 bits per heavy atom. The van der Waals surface area contributed by atoms with E-state index in [-0.39, 0.29) is 19.5 Å². The number of hydrogen-bond donors (Lipinski definition) is 0. The van der Waals surface area contributed by atoms with Gasteiger partial charge >= 0.3 is 5.97 Å². The lowest BCUT2D eigenvalue weighted by Gasteiger charge is -2.24. The van der Waals surface area contributed by atoms with Crippen LogP contribution in [0.15, 0.2) is 4.52 Å². The van der Waals surface area contributed by atoms with E-state index in [0.29, 0.717) is 11.5 Å². The molecule has 1 heterocycles. The van der Waals surface area contributed by atoms with Crippen molar-refractivity contribution >= 4 is 16.2 Å². The van der Waals surface area contributed by atoms with Crippen molar-refractivity contribution in [3.8, 4) is 0 Å². The summed E-state index contributed by atoms with van der Waals surface area (Å²) in [7, 11) is 0.488. The molecule has 1 rings (SSSR count). The van der Waals surface area contributed by atoms with Crippen LogP contribution in [0.5, 0.6) is 0 Å². The van der Waals surface area contributed by atoms with Crippen molar-refractivity contribution in [1.82, 2.24) is 13.8 Å². The average molecular weight is 319 g/mol. The van der Waals surface area contributed by atoms with E-state index in [1.54, 1.807) is 13.8 Å². The second-order valence-corrected chi connectivity index (χ2v) is 6.86. The molecule has 0 atom stereocenters. The Morgan fingerprint density at radius 1 is 1.29 bits per heavy atom. The molecule has 9 heteroatoms. The minimum atomic E-state index is -3.66. The minimum Gasteiger partial charge on any atom is -0.469 e. The zero-order valence-electron chi connectivity index (χ0n) is 12.9. The molecule has 0 radical (unpaired) electrons. The number of nitrogens with zero attached hydrogens (tertiary/aromatic N) is 3. The molecule has 0 aliphatic rings. The van der Waals surface area contributed by atoms with Gasteiger partial charge in [-0.2, -0.15) is 17.0 Å². The van der Waals surface area contributed by atoms with Gasteiger partial charge in [0.05, 0.1) is 19.2 Å². The summed E-state index contributed by atoms with van der Waals surface area (Å²) >= 11 is 0. The largest absolute Gasteiger partial charge is 0.469 e. The first kappa shape index (κ1) is 17.6. The smallest absolute Gasteiger partial charge is 0.306 e. The predicted octanol–water partition coefficient (Wildman–Crippen LogP) is 0.463. The van der Waals surface area contributed by atoms with Crippen LogP contribution in [-0.4, -0.2) is 55.9 Å². The second-order valence-electron chi connectivity index (χ2n) is 4.71. The van der Waals surface area contributed by atoms with Crippen LogP contribution in [-0.2, 0) is 26.3 Å². The molecule has 120 valence electrons. The zero-order chi connectivity index (χ0) is 16.2. The SMILES string of the molecule is COC(=O)CCN(C)S(=O)(=O)N(C)Cc1c(C)noc1C. The number of carbonyl (C=O) groups excluding carboxylic acids is 1. The molecule has 0 fully saturated rings. The van der Waals surface area contributed by atoms with Crippen LogP contribution in [0.4, 0.5) is 0 Å². The lowest BCUT2D eigenvalue weighted by molar-refractivity contribution is -0.140. The third kappa shape index (κ3) is 4.26. The maximum absolute atomic E-state index is 12.3. The molecule has 0 bridgehead atoms. The summed E-state index contributed by atoms with van der Waals surface area (Å²) in [6.07, 6.45) is 0.00535. The van der Waals surface area contributed by atoms with Crippen molar-refractivity contribution in [2.45, 2.75) is 26.8 Å². The quantitative estimate of drug-likeness (QED) is 0.678. The summed E-state index contributed by atoms with van der Waals surface area (Å²) < 4.78 is 36.5. The third-order valence-electron chi connectivity index (χ3n) is 3.21. The Labute approximate surface area is 124 Å². The lowest BCUT2D eigenvalue weighted by atomic mass is 10.2. The van der Waals surface area contributed by atoms with Crippen LogP contribution >= 0.6 is 0 Å². The van der Waals surface area contributed by atoms with Crippen molar-refractivity contribution in [3.63, 3.8) is 0 Å². The molecule has 0 saturated heterocycles. The summed E-state index contributed by atoms with van der Waals surface area (Å²) in [5.41, 5.74) is 1.40. The van der Waals surface area contributed by atoms with E-state index < -0.39 is 16.2 Å². The van der Waals surface area contributed by atoms with Crippen molar-refractivity contribution < 1.29 is 22.5 Å². The van der Waals surface area contributed by atoms with Gasteiger partial charge in [-0.25, -0.2) is 0 Å². The molecule has 8 nitrogen and oxygen atoms in total. The van der Waals surface area contributed by atoms with Gasteiger partial charge in [0, 0.05) is 32.7 Å². The molecule has 0 aliphatic carbocycles.